The molecule has 0 aromatic carbocycles. The van der Waals surface area contributed by atoms with Crippen molar-refractivity contribution in [2.75, 3.05) is 13.2 Å². The lowest BCUT2D eigenvalue weighted by atomic mass is 9.79. The Kier molecular flexibility index (Phi) is 6.22. The molecule has 2 aliphatic rings. The van der Waals surface area contributed by atoms with Crippen LogP contribution in [0.1, 0.15) is 25.7 Å². The van der Waals surface area contributed by atoms with Crippen LogP contribution in [0.4, 0.5) is 18.0 Å². The number of hydrogen-bond donors (Lipinski definition) is 3. The summed E-state index contributed by atoms with van der Waals surface area (Å²) in [6, 6.07) is -0.385. The maximum atomic E-state index is 12.0. The molecule has 0 aromatic heterocycles. The summed E-state index contributed by atoms with van der Waals surface area (Å²) in [5.74, 6) is -1.40. The van der Waals surface area contributed by atoms with Crippen LogP contribution < -0.4 is 10.6 Å². The molecule has 8 nitrogen and oxygen atoms in total. The van der Waals surface area contributed by atoms with E-state index in [1.807, 2.05) is 0 Å². The van der Waals surface area contributed by atoms with Gasteiger partial charge < -0.3 is 20.5 Å². The summed E-state index contributed by atoms with van der Waals surface area (Å²) >= 11 is 0. The summed E-state index contributed by atoms with van der Waals surface area (Å²) in [5, 5.41) is 13.3. The first-order valence-corrected chi connectivity index (χ1v) is 7.80. The Morgan fingerprint density at radius 2 is 1.88 bits per heavy atom. The van der Waals surface area contributed by atoms with Crippen LogP contribution in [0, 0.1) is 5.92 Å². The number of carbonyl (C=O) groups excluding carboxylic acids is 2. The van der Waals surface area contributed by atoms with Crippen molar-refractivity contribution < 1.29 is 42.1 Å². The number of Topliss-reactive ketones (excluding diaryl/α,β-unsaturated/α-hetero) is 1. The highest BCUT2D eigenvalue weighted by Gasteiger charge is 2.42. The first-order chi connectivity index (χ1) is 11.6. The van der Waals surface area contributed by atoms with Crippen molar-refractivity contribution in [3.8, 4) is 0 Å². The summed E-state index contributed by atoms with van der Waals surface area (Å²) in [7, 11) is 0. The quantitative estimate of drug-likeness (QED) is 0.639. The van der Waals surface area contributed by atoms with Crippen LogP contribution in [-0.2, 0) is 19.1 Å². The Bertz CT molecular complexity index is 513. The van der Waals surface area contributed by atoms with E-state index in [9.17, 15) is 27.6 Å². The zero-order valence-electron chi connectivity index (χ0n) is 13.2. The number of amides is 2. The van der Waals surface area contributed by atoms with E-state index < -0.39 is 36.5 Å². The Balaban J connectivity index is 1.63. The fourth-order valence-corrected chi connectivity index (χ4v) is 2.79. The molecule has 1 aliphatic carbocycles. The molecule has 11 heteroatoms. The second-order valence-corrected chi connectivity index (χ2v) is 6.08. The third-order valence-electron chi connectivity index (χ3n) is 4.18. The molecule has 2 rings (SSSR count). The number of ketones is 1. The zero-order chi connectivity index (χ0) is 18.6. The molecule has 2 amide bonds. The first-order valence-electron chi connectivity index (χ1n) is 7.80. The summed E-state index contributed by atoms with van der Waals surface area (Å²) in [6.45, 7) is -0.226. The number of hydrogen-bond acceptors (Lipinski definition) is 5. The van der Waals surface area contributed by atoms with Gasteiger partial charge in [0.2, 0.25) is 5.91 Å². The van der Waals surface area contributed by atoms with Crippen LogP contribution in [0.15, 0.2) is 0 Å². The van der Waals surface area contributed by atoms with Gasteiger partial charge in [0.1, 0.15) is 6.10 Å². The third kappa shape index (κ3) is 6.16. The molecule has 0 spiro atoms. The van der Waals surface area contributed by atoms with Crippen molar-refractivity contribution in [2.45, 2.75) is 50.3 Å². The van der Waals surface area contributed by atoms with Gasteiger partial charge in [-0.05, 0) is 25.7 Å². The van der Waals surface area contributed by atoms with Crippen LogP contribution in [0.25, 0.3) is 0 Å². The van der Waals surface area contributed by atoms with Gasteiger partial charge >= 0.3 is 12.5 Å². The minimum Gasteiger partial charge on any atom is -0.465 e. The Labute approximate surface area is 141 Å². The largest absolute Gasteiger partial charge is 0.522 e. The first kappa shape index (κ1) is 19.4. The monoisotopic (exact) mass is 368 g/mol. The number of ether oxygens (including phenoxy) is 2. The summed E-state index contributed by atoms with van der Waals surface area (Å²) in [5.41, 5.74) is 0. The number of rotatable bonds is 6. The molecule has 0 radical (unpaired) electrons. The van der Waals surface area contributed by atoms with E-state index in [0.717, 1.165) is 0 Å². The second kappa shape index (κ2) is 8.00. The topological polar surface area (TPSA) is 114 Å². The molecule has 0 unspecified atom stereocenters. The van der Waals surface area contributed by atoms with E-state index in [1.54, 1.807) is 0 Å². The molecule has 2 atom stereocenters. The molecule has 3 N–H and O–H groups in total. The van der Waals surface area contributed by atoms with E-state index in [0.29, 0.717) is 12.8 Å². The minimum absolute atomic E-state index is 0.0172. The highest BCUT2D eigenvalue weighted by molar-refractivity contribution is 5.89. The van der Waals surface area contributed by atoms with Crippen LogP contribution in [0.2, 0.25) is 0 Å². The molecule has 1 saturated heterocycles. The van der Waals surface area contributed by atoms with Crippen molar-refractivity contribution in [1.29, 1.82) is 0 Å². The van der Waals surface area contributed by atoms with Gasteiger partial charge in [0.15, 0.2) is 5.78 Å². The molecule has 0 aromatic rings. The molecule has 25 heavy (non-hydrogen) atoms. The van der Waals surface area contributed by atoms with E-state index in [4.69, 9.17) is 9.84 Å². The van der Waals surface area contributed by atoms with Crippen LogP contribution >= 0.6 is 0 Å². The van der Waals surface area contributed by atoms with Crippen molar-refractivity contribution in [3.05, 3.63) is 0 Å². The molecular weight excluding hydrogens is 349 g/mol. The molecule has 1 saturated carbocycles. The van der Waals surface area contributed by atoms with Crippen molar-refractivity contribution in [3.63, 3.8) is 0 Å². The SMILES string of the molecule is O=C(O)N[C@@H]1CC[C@@H](C(=O)NCC(=O)[C@H]2C[C@@H](OC(F)(F)F)C2)OC1. The summed E-state index contributed by atoms with van der Waals surface area (Å²) in [6.07, 6.45) is -6.97. The summed E-state index contributed by atoms with van der Waals surface area (Å²) < 4.78 is 45.1. The number of alkyl halides is 3. The van der Waals surface area contributed by atoms with E-state index in [-0.39, 0.29) is 37.8 Å². The average Bonchev–Trinajstić information content (AvgIpc) is 2.47. The Morgan fingerprint density at radius 1 is 1.20 bits per heavy atom. The minimum atomic E-state index is -4.71. The standard InChI is InChI=1S/C14H19F3N2O6/c15-14(16,17)25-9-3-7(4-9)10(20)5-18-12(21)11-2-1-8(6-24-11)19-13(22)23/h7-9,11,19H,1-6H2,(H,18,21)(H,22,23)/t7-,8-,9+,11+/m1/s1. The number of carbonyl (C=O) groups is 3. The van der Waals surface area contributed by atoms with Gasteiger partial charge in [-0.25, -0.2) is 4.79 Å². The maximum Gasteiger partial charge on any atom is 0.522 e. The fraction of sp³-hybridized carbons (Fsp3) is 0.786. The van der Waals surface area contributed by atoms with E-state index in [1.165, 1.54) is 0 Å². The molecule has 0 bridgehead atoms. The second-order valence-electron chi connectivity index (χ2n) is 6.08. The van der Waals surface area contributed by atoms with Crippen molar-refractivity contribution >= 4 is 17.8 Å². The molecule has 142 valence electrons. The molecule has 1 heterocycles. The predicted molar refractivity (Wildman–Crippen MR) is 75.6 cm³/mol. The smallest absolute Gasteiger partial charge is 0.465 e. The number of halogens is 3. The van der Waals surface area contributed by atoms with Crippen molar-refractivity contribution in [1.82, 2.24) is 10.6 Å². The van der Waals surface area contributed by atoms with E-state index in [2.05, 4.69) is 15.4 Å². The third-order valence-corrected chi connectivity index (χ3v) is 4.18. The van der Waals surface area contributed by atoms with Gasteiger partial charge in [-0.2, -0.15) is 0 Å². The van der Waals surface area contributed by atoms with Gasteiger partial charge in [0.25, 0.3) is 0 Å². The van der Waals surface area contributed by atoms with Crippen molar-refractivity contribution in [2.24, 2.45) is 5.92 Å². The van der Waals surface area contributed by atoms with E-state index >= 15 is 0 Å². The highest BCUT2D eigenvalue weighted by atomic mass is 19.4. The molecule has 2 fully saturated rings. The highest BCUT2D eigenvalue weighted by Crippen LogP contribution is 2.35. The zero-order valence-corrected chi connectivity index (χ0v) is 13.2. The Hall–Kier alpha value is -1.88. The lowest BCUT2D eigenvalue weighted by molar-refractivity contribution is -0.353. The van der Waals surface area contributed by atoms with Gasteiger partial charge in [0, 0.05) is 5.92 Å². The maximum absolute atomic E-state index is 12.0. The van der Waals surface area contributed by atoms with Gasteiger partial charge in [-0.1, -0.05) is 0 Å². The van der Waals surface area contributed by atoms with Crippen LogP contribution in [-0.4, -0.2) is 60.7 Å². The predicted octanol–water partition coefficient (Wildman–Crippen LogP) is 0.802. The lowest BCUT2D eigenvalue weighted by Gasteiger charge is -2.34. The van der Waals surface area contributed by atoms with Gasteiger partial charge in [0.05, 0.1) is 25.3 Å². The van der Waals surface area contributed by atoms with Gasteiger partial charge in [-0.15, -0.1) is 13.2 Å². The number of nitrogens with one attached hydrogen (secondary N) is 2. The number of carboxylic acid groups (broad SMARTS) is 1. The molecule has 1 aliphatic heterocycles. The fourth-order valence-electron chi connectivity index (χ4n) is 2.79. The van der Waals surface area contributed by atoms with Gasteiger partial charge in [-0.3, -0.25) is 14.3 Å². The normalized spacial score (nSPS) is 29.4. The Morgan fingerprint density at radius 3 is 2.40 bits per heavy atom. The lowest BCUT2D eigenvalue weighted by Crippen LogP contribution is -2.48. The molecular formula is C14H19F3N2O6. The van der Waals surface area contributed by atoms with Crippen LogP contribution in [0.3, 0.4) is 0 Å². The van der Waals surface area contributed by atoms with Crippen LogP contribution in [0.5, 0.6) is 0 Å². The average molecular weight is 368 g/mol. The summed E-state index contributed by atoms with van der Waals surface area (Å²) in [4.78, 5) is 34.2.